The largest absolute Gasteiger partial charge is 0.338 e. The van der Waals surface area contributed by atoms with Crippen molar-refractivity contribution in [3.05, 3.63) is 29.6 Å². The van der Waals surface area contributed by atoms with E-state index in [2.05, 4.69) is 16.4 Å². The summed E-state index contributed by atoms with van der Waals surface area (Å²) in [6, 6.07) is 6.13. The predicted molar refractivity (Wildman–Crippen MR) is 94.5 cm³/mol. The number of pyridine rings is 1. The van der Waals surface area contributed by atoms with Gasteiger partial charge in [-0.05, 0) is 37.3 Å². The highest BCUT2D eigenvalue weighted by molar-refractivity contribution is 5.88. The van der Waals surface area contributed by atoms with Crippen LogP contribution in [0.1, 0.15) is 49.8 Å². The molecule has 136 valence electrons. The zero-order chi connectivity index (χ0) is 18.1. The molecule has 2 saturated carbocycles. The maximum Gasteiger partial charge on any atom is 0.226 e. The highest BCUT2D eigenvalue weighted by atomic mass is 16.2. The number of hydrogen-bond acceptors (Lipinski definition) is 4. The van der Waals surface area contributed by atoms with E-state index in [1.807, 2.05) is 17.0 Å². The summed E-state index contributed by atoms with van der Waals surface area (Å²) in [5, 5.41) is 12.1. The Bertz CT molecular complexity index is 765. The highest BCUT2D eigenvalue weighted by Crippen LogP contribution is 2.37. The Kier molecular flexibility index (Phi) is 4.39. The van der Waals surface area contributed by atoms with Crippen LogP contribution in [0.25, 0.3) is 0 Å². The normalized spacial score (nSPS) is 26.3. The molecule has 3 aliphatic rings. The number of nitriles is 1. The van der Waals surface area contributed by atoms with Gasteiger partial charge < -0.3 is 10.2 Å². The van der Waals surface area contributed by atoms with Crippen molar-refractivity contribution in [3.8, 4) is 6.07 Å². The second-order valence-electron chi connectivity index (χ2n) is 7.80. The molecule has 2 heterocycles. The molecule has 1 aromatic heterocycles. The van der Waals surface area contributed by atoms with E-state index in [1.54, 1.807) is 6.20 Å². The zero-order valence-corrected chi connectivity index (χ0v) is 14.9. The summed E-state index contributed by atoms with van der Waals surface area (Å²) < 4.78 is 0. The lowest BCUT2D eigenvalue weighted by atomic mass is 9.77. The smallest absolute Gasteiger partial charge is 0.226 e. The number of fused-ring (bicyclic) bond motifs is 1. The number of amides is 2. The molecule has 4 rings (SSSR count). The van der Waals surface area contributed by atoms with Crippen molar-refractivity contribution in [3.63, 3.8) is 0 Å². The molecular weight excluding hydrogens is 328 g/mol. The molecule has 0 aromatic carbocycles. The van der Waals surface area contributed by atoms with E-state index < -0.39 is 5.54 Å². The first-order chi connectivity index (χ1) is 12.6. The molecule has 0 unspecified atom stereocenters. The second-order valence-corrected chi connectivity index (χ2v) is 7.80. The lowest BCUT2D eigenvalue weighted by molar-refractivity contribution is -0.144. The van der Waals surface area contributed by atoms with E-state index in [9.17, 15) is 14.9 Å². The van der Waals surface area contributed by atoms with Crippen LogP contribution >= 0.6 is 0 Å². The van der Waals surface area contributed by atoms with Crippen LogP contribution in [-0.2, 0) is 22.6 Å². The number of aromatic nitrogens is 1. The van der Waals surface area contributed by atoms with Crippen LogP contribution in [0.5, 0.6) is 0 Å². The number of carbonyl (C=O) groups excluding carboxylic acids is 2. The lowest BCUT2D eigenvalue weighted by Gasteiger charge is -2.36. The van der Waals surface area contributed by atoms with Gasteiger partial charge >= 0.3 is 0 Å². The minimum absolute atomic E-state index is 0.0844. The van der Waals surface area contributed by atoms with Crippen LogP contribution in [-0.4, -0.2) is 33.8 Å². The maximum absolute atomic E-state index is 13.2. The Morgan fingerprint density at radius 3 is 2.77 bits per heavy atom. The summed E-state index contributed by atoms with van der Waals surface area (Å²) in [5.74, 6) is -0.601. The van der Waals surface area contributed by atoms with Gasteiger partial charge in [-0.2, -0.15) is 5.26 Å². The molecule has 0 bridgehead atoms. The van der Waals surface area contributed by atoms with Crippen molar-refractivity contribution < 1.29 is 9.59 Å². The first-order valence-corrected chi connectivity index (χ1v) is 9.57. The topological polar surface area (TPSA) is 86.1 Å². The Labute approximate surface area is 153 Å². The third-order valence-electron chi connectivity index (χ3n) is 6.02. The molecule has 0 radical (unpaired) electrons. The summed E-state index contributed by atoms with van der Waals surface area (Å²) in [6.07, 6.45) is 7.43. The molecule has 1 aliphatic heterocycles. The molecule has 0 spiro atoms. The third kappa shape index (κ3) is 3.18. The molecular formula is C20H24N4O2. The standard InChI is InChI=1S/C20H24N4O2/c21-13-20(8-9-20)23-18(25)15-5-1-2-6-16(15)19(26)24-11-7-17-14(12-24)4-3-10-22-17/h3-4,10,15-16H,1-2,5-9,11-12H2,(H,23,25)/t15-,16-/m1/s1. The van der Waals surface area contributed by atoms with Crippen molar-refractivity contribution in [2.24, 2.45) is 11.8 Å². The second kappa shape index (κ2) is 6.71. The molecule has 1 N–H and O–H groups in total. The Morgan fingerprint density at radius 1 is 1.27 bits per heavy atom. The van der Waals surface area contributed by atoms with Gasteiger partial charge in [0.2, 0.25) is 11.8 Å². The fraction of sp³-hybridized carbons (Fsp3) is 0.600. The molecule has 26 heavy (non-hydrogen) atoms. The van der Waals surface area contributed by atoms with Crippen LogP contribution in [0.2, 0.25) is 0 Å². The monoisotopic (exact) mass is 352 g/mol. The summed E-state index contributed by atoms with van der Waals surface area (Å²) in [5.41, 5.74) is 1.50. The van der Waals surface area contributed by atoms with Crippen molar-refractivity contribution in [1.29, 1.82) is 5.26 Å². The summed E-state index contributed by atoms with van der Waals surface area (Å²) in [7, 11) is 0. The fourth-order valence-electron chi connectivity index (χ4n) is 4.25. The SMILES string of the molecule is N#CC1(NC(=O)[C@@H]2CCCC[C@H]2C(=O)N2CCc3ncccc3C2)CC1. The van der Waals surface area contributed by atoms with E-state index >= 15 is 0 Å². The summed E-state index contributed by atoms with van der Waals surface area (Å²) >= 11 is 0. The van der Waals surface area contributed by atoms with Gasteiger partial charge in [0.05, 0.1) is 6.07 Å². The van der Waals surface area contributed by atoms with Gasteiger partial charge in [0.25, 0.3) is 0 Å². The van der Waals surface area contributed by atoms with E-state index in [0.29, 0.717) is 13.1 Å². The van der Waals surface area contributed by atoms with Gasteiger partial charge in [-0.1, -0.05) is 18.9 Å². The Balaban J connectivity index is 1.47. The number of carbonyl (C=O) groups is 2. The maximum atomic E-state index is 13.2. The van der Waals surface area contributed by atoms with Crippen molar-refractivity contribution in [2.75, 3.05) is 6.54 Å². The molecule has 2 fully saturated rings. The molecule has 2 atom stereocenters. The number of nitrogens with zero attached hydrogens (tertiary/aromatic N) is 3. The molecule has 6 nitrogen and oxygen atoms in total. The summed E-state index contributed by atoms with van der Waals surface area (Å²) in [4.78, 5) is 32.2. The van der Waals surface area contributed by atoms with Crippen molar-refractivity contribution >= 4 is 11.8 Å². The number of rotatable bonds is 3. The zero-order valence-electron chi connectivity index (χ0n) is 14.9. The van der Waals surface area contributed by atoms with Crippen LogP contribution in [0.15, 0.2) is 18.3 Å². The molecule has 0 saturated heterocycles. The van der Waals surface area contributed by atoms with Gasteiger partial charge in [0.1, 0.15) is 5.54 Å². The lowest BCUT2D eigenvalue weighted by Crippen LogP contribution is -2.48. The molecule has 2 aliphatic carbocycles. The van der Waals surface area contributed by atoms with Crippen molar-refractivity contribution in [2.45, 2.75) is 57.0 Å². The van der Waals surface area contributed by atoms with Gasteiger partial charge in [0.15, 0.2) is 0 Å². The molecule has 2 amide bonds. The minimum atomic E-state index is -0.669. The van der Waals surface area contributed by atoms with Gasteiger partial charge in [0, 0.05) is 43.2 Å². The molecule has 6 heteroatoms. The van der Waals surface area contributed by atoms with E-state index in [0.717, 1.165) is 56.2 Å². The van der Waals surface area contributed by atoms with Crippen LogP contribution in [0.4, 0.5) is 0 Å². The molecule has 1 aromatic rings. The Hall–Kier alpha value is -2.42. The highest BCUT2D eigenvalue weighted by Gasteiger charge is 2.47. The van der Waals surface area contributed by atoms with Gasteiger partial charge in [-0.25, -0.2) is 0 Å². The predicted octanol–water partition coefficient (Wildman–Crippen LogP) is 1.95. The van der Waals surface area contributed by atoms with Crippen LogP contribution in [0, 0.1) is 23.2 Å². The van der Waals surface area contributed by atoms with E-state index in [-0.39, 0.29) is 23.7 Å². The van der Waals surface area contributed by atoms with Crippen LogP contribution in [0.3, 0.4) is 0 Å². The quantitative estimate of drug-likeness (QED) is 0.901. The number of nitrogens with one attached hydrogen (secondary N) is 1. The first kappa shape index (κ1) is 17.0. The van der Waals surface area contributed by atoms with Crippen molar-refractivity contribution in [1.82, 2.24) is 15.2 Å². The first-order valence-electron chi connectivity index (χ1n) is 9.57. The van der Waals surface area contributed by atoms with E-state index in [4.69, 9.17) is 0 Å². The fourth-order valence-corrected chi connectivity index (χ4v) is 4.25. The van der Waals surface area contributed by atoms with Gasteiger partial charge in [-0.3, -0.25) is 14.6 Å². The third-order valence-corrected chi connectivity index (χ3v) is 6.02. The minimum Gasteiger partial charge on any atom is -0.338 e. The summed E-state index contributed by atoms with van der Waals surface area (Å²) in [6.45, 7) is 1.24. The van der Waals surface area contributed by atoms with E-state index in [1.165, 1.54) is 0 Å². The average Bonchev–Trinajstić information content (AvgIpc) is 3.47. The number of hydrogen-bond donors (Lipinski definition) is 1. The average molecular weight is 352 g/mol. The van der Waals surface area contributed by atoms with Gasteiger partial charge in [-0.15, -0.1) is 0 Å². The van der Waals surface area contributed by atoms with Crippen LogP contribution < -0.4 is 5.32 Å². The Morgan fingerprint density at radius 2 is 2.04 bits per heavy atom.